The summed E-state index contributed by atoms with van der Waals surface area (Å²) in [6, 6.07) is 2.23. The molecule has 2 atom stereocenters. The summed E-state index contributed by atoms with van der Waals surface area (Å²) >= 11 is 0. The number of hydrogen-bond donors (Lipinski definition) is 3. The summed E-state index contributed by atoms with van der Waals surface area (Å²) in [5.74, 6) is 5.37. The van der Waals surface area contributed by atoms with Gasteiger partial charge in [-0.05, 0) is 45.9 Å². The lowest BCUT2D eigenvalue weighted by molar-refractivity contribution is -0.210. The number of nitrogen functional groups attached to an aromatic ring is 1. The van der Waals surface area contributed by atoms with Gasteiger partial charge in [0, 0.05) is 29.9 Å². The maximum atomic E-state index is 13.5. The number of hydrazine groups is 1. The van der Waals surface area contributed by atoms with Crippen molar-refractivity contribution in [3.05, 3.63) is 23.9 Å². The Labute approximate surface area is 150 Å². The van der Waals surface area contributed by atoms with Gasteiger partial charge in [-0.25, -0.2) is 15.6 Å². The molecule has 0 radical (unpaired) electrons. The van der Waals surface area contributed by atoms with Crippen LogP contribution in [-0.2, 0) is 4.74 Å². The van der Waals surface area contributed by atoms with Crippen molar-refractivity contribution in [1.82, 2.24) is 15.2 Å². The number of carbonyl (C=O) groups is 1. The molecule has 0 aliphatic carbocycles. The van der Waals surface area contributed by atoms with Gasteiger partial charge in [0.15, 0.2) is 0 Å². The summed E-state index contributed by atoms with van der Waals surface area (Å²) in [4.78, 5) is 17.8. The molecule has 1 aliphatic heterocycles. The summed E-state index contributed by atoms with van der Waals surface area (Å²) in [5, 5.41) is 3.11. The van der Waals surface area contributed by atoms with Crippen LogP contribution >= 0.6 is 0 Å². The van der Waals surface area contributed by atoms with Gasteiger partial charge in [0.05, 0.1) is 0 Å². The molecule has 2 rings (SSSR count). The van der Waals surface area contributed by atoms with Crippen LogP contribution < -0.4 is 16.6 Å². The number of amides is 1. The van der Waals surface area contributed by atoms with Gasteiger partial charge in [0.25, 0.3) is 0 Å². The van der Waals surface area contributed by atoms with E-state index in [0.29, 0.717) is 19.5 Å². The lowest BCUT2D eigenvalue weighted by atomic mass is 10.0. The molecule has 1 saturated heterocycles. The monoisotopic (exact) mass is 375 g/mol. The van der Waals surface area contributed by atoms with Gasteiger partial charge in [-0.3, -0.25) is 4.90 Å². The zero-order valence-corrected chi connectivity index (χ0v) is 14.9. The number of nitrogens with two attached hydrogens (primary N) is 1. The number of halogens is 3. The molecule has 1 aromatic heterocycles. The quantitative estimate of drug-likeness (QED) is 0.553. The van der Waals surface area contributed by atoms with E-state index in [1.807, 2.05) is 0 Å². The van der Waals surface area contributed by atoms with Gasteiger partial charge in [-0.1, -0.05) is 0 Å². The number of aromatic nitrogens is 1. The van der Waals surface area contributed by atoms with Crippen LogP contribution in [0.5, 0.6) is 0 Å². The van der Waals surface area contributed by atoms with Crippen LogP contribution in [0.4, 0.5) is 23.8 Å². The van der Waals surface area contributed by atoms with E-state index >= 15 is 0 Å². The number of ether oxygens (including phenoxy) is 1. The topological polar surface area (TPSA) is 92.5 Å². The second kappa shape index (κ2) is 7.67. The Balaban J connectivity index is 2.26. The van der Waals surface area contributed by atoms with Crippen LogP contribution in [0.25, 0.3) is 0 Å². The molecule has 1 amide bonds. The molecule has 0 aromatic carbocycles. The Kier molecular flexibility index (Phi) is 5.97. The molecule has 2 unspecified atom stereocenters. The smallest absolute Gasteiger partial charge is 0.429 e. The Bertz CT molecular complexity index is 610. The van der Waals surface area contributed by atoms with Crippen LogP contribution in [0.15, 0.2) is 18.3 Å². The van der Waals surface area contributed by atoms with Crippen LogP contribution in [0.2, 0.25) is 0 Å². The lowest BCUT2D eigenvalue weighted by Crippen LogP contribution is -2.53. The fourth-order valence-corrected chi connectivity index (χ4v) is 2.96. The Morgan fingerprint density at radius 2 is 2.12 bits per heavy atom. The fraction of sp³-hybridized carbons (Fsp3) is 0.625. The minimum atomic E-state index is -4.77. The maximum absolute atomic E-state index is 13.5. The van der Waals surface area contributed by atoms with Gasteiger partial charge in [0.2, 0.25) is 6.10 Å². The van der Waals surface area contributed by atoms with E-state index in [1.54, 1.807) is 20.8 Å². The Hall–Kier alpha value is -2.07. The number of anilines is 1. The van der Waals surface area contributed by atoms with Crippen molar-refractivity contribution in [3.63, 3.8) is 0 Å². The van der Waals surface area contributed by atoms with Gasteiger partial charge < -0.3 is 15.5 Å². The Morgan fingerprint density at radius 1 is 1.42 bits per heavy atom. The zero-order chi connectivity index (χ0) is 19.5. The second-order valence-corrected chi connectivity index (χ2v) is 7.11. The number of alkyl halides is 3. The minimum Gasteiger partial charge on any atom is -0.431 e. The fourth-order valence-electron chi connectivity index (χ4n) is 2.96. The SMILES string of the molecule is CC(C)(C)N(C(=O)OC(c1ccc(NN)nc1)C(F)(F)F)C1CCNC1. The van der Waals surface area contributed by atoms with Crippen molar-refractivity contribution < 1.29 is 22.7 Å². The molecule has 0 bridgehead atoms. The predicted molar refractivity (Wildman–Crippen MR) is 90.2 cm³/mol. The highest BCUT2D eigenvalue weighted by Crippen LogP contribution is 2.37. The average molecular weight is 375 g/mol. The van der Waals surface area contributed by atoms with E-state index in [9.17, 15) is 18.0 Å². The molecule has 26 heavy (non-hydrogen) atoms. The van der Waals surface area contributed by atoms with Gasteiger partial charge in [0.1, 0.15) is 5.82 Å². The minimum absolute atomic E-state index is 0.203. The average Bonchev–Trinajstić information content (AvgIpc) is 3.04. The highest BCUT2D eigenvalue weighted by Gasteiger charge is 2.46. The molecule has 146 valence electrons. The van der Waals surface area contributed by atoms with E-state index in [2.05, 4.69) is 15.7 Å². The summed E-state index contributed by atoms with van der Waals surface area (Å²) < 4.78 is 45.4. The molecule has 2 heterocycles. The third kappa shape index (κ3) is 4.76. The Morgan fingerprint density at radius 3 is 2.54 bits per heavy atom. The zero-order valence-electron chi connectivity index (χ0n) is 14.9. The van der Waals surface area contributed by atoms with E-state index in [4.69, 9.17) is 10.6 Å². The van der Waals surface area contributed by atoms with Gasteiger partial charge in [-0.2, -0.15) is 13.2 Å². The lowest BCUT2D eigenvalue weighted by Gasteiger charge is -2.40. The largest absolute Gasteiger partial charge is 0.431 e. The highest BCUT2D eigenvalue weighted by molar-refractivity contribution is 5.69. The molecule has 4 N–H and O–H groups in total. The third-order valence-corrected chi connectivity index (χ3v) is 4.07. The first-order valence-corrected chi connectivity index (χ1v) is 8.24. The summed E-state index contributed by atoms with van der Waals surface area (Å²) in [6.07, 6.45) is -6.55. The van der Waals surface area contributed by atoms with Gasteiger partial charge in [-0.15, -0.1) is 0 Å². The number of nitrogens with one attached hydrogen (secondary N) is 2. The predicted octanol–water partition coefficient (Wildman–Crippen LogP) is 2.57. The first kappa shape index (κ1) is 20.2. The number of nitrogens with zero attached hydrogens (tertiary/aromatic N) is 2. The molecule has 7 nitrogen and oxygen atoms in total. The number of carbonyl (C=O) groups excluding carboxylic acids is 1. The van der Waals surface area contributed by atoms with Crippen molar-refractivity contribution in [2.75, 3.05) is 18.5 Å². The molecule has 0 saturated carbocycles. The first-order valence-electron chi connectivity index (χ1n) is 8.24. The van der Waals surface area contributed by atoms with Crippen molar-refractivity contribution in [3.8, 4) is 0 Å². The van der Waals surface area contributed by atoms with Crippen molar-refractivity contribution in [1.29, 1.82) is 0 Å². The highest BCUT2D eigenvalue weighted by atomic mass is 19.4. The maximum Gasteiger partial charge on any atom is 0.429 e. The molecule has 1 fully saturated rings. The van der Waals surface area contributed by atoms with Crippen LogP contribution in [-0.4, -0.2) is 46.8 Å². The van der Waals surface area contributed by atoms with E-state index < -0.39 is 23.9 Å². The van der Waals surface area contributed by atoms with Crippen molar-refractivity contribution in [2.24, 2.45) is 5.84 Å². The first-order chi connectivity index (χ1) is 12.0. The molecular weight excluding hydrogens is 351 g/mol. The van der Waals surface area contributed by atoms with Crippen LogP contribution in [0.1, 0.15) is 38.9 Å². The third-order valence-electron chi connectivity index (χ3n) is 4.07. The van der Waals surface area contributed by atoms with E-state index in [1.165, 1.54) is 17.0 Å². The molecule has 10 heteroatoms. The van der Waals surface area contributed by atoms with Gasteiger partial charge >= 0.3 is 12.3 Å². The molecule has 1 aromatic rings. The summed E-state index contributed by atoms with van der Waals surface area (Å²) in [7, 11) is 0. The van der Waals surface area contributed by atoms with Crippen molar-refractivity contribution >= 4 is 11.9 Å². The van der Waals surface area contributed by atoms with Crippen LogP contribution in [0, 0.1) is 0 Å². The van der Waals surface area contributed by atoms with E-state index in [0.717, 1.165) is 6.20 Å². The summed E-state index contributed by atoms with van der Waals surface area (Å²) in [5.41, 5.74) is 1.27. The van der Waals surface area contributed by atoms with Crippen molar-refractivity contribution in [2.45, 2.75) is 51.1 Å². The number of hydrogen-bond acceptors (Lipinski definition) is 6. The number of pyridine rings is 1. The second-order valence-electron chi connectivity index (χ2n) is 7.11. The normalized spacial score (nSPS) is 19.1. The van der Waals surface area contributed by atoms with E-state index in [-0.39, 0.29) is 17.4 Å². The molecular formula is C16H24F3N5O2. The molecule has 1 aliphatic rings. The standard InChI is InChI=1S/C16H24F3N5O2/c1-15(2,3)24(11-6-7-21-9-11)14(25)26-13(16(17,18)19)10-4-5-12(23-20)22-8-10/h4-5,8,11,13,21H,6-7,9,20H2,1-3H3,(H,22,23). The molecule has 0 spiro atoms. The summed E-state index contributed by atoms with van der Waals surface area (Å²) in [6.45, 7) is 6.50. The number of rotatable bonds is 4. The van der Waals surface area contributed by atoms with Crippen LogP contribution in [0.3, 0.4) is 0 Å².